The van der Waals surface area contributed by atoms with Crippen molar-refractivity contribution in [1.29, 1.82) is 0 Å². The Balaban J connectivity index is 1.52. The maximum absolute atomic E-state index is 13.0. The van der Waals surface area contributed by atoms with Gasteiger partial charge in [-0.1, -0.05) is 0 Å². The normalized spacial score (nSPS) is 13.4. The van der Waals surface area contributed by atoms with Gasteiger partial charge >= 0.3 is 0 Å². The highest BCUT2D eigenvalue weighted by Gasteiger charge is 2.17. The van der Waals surface area contributed by atoms with Crippen molar-refractivity contribution < 1.29 is 19.1 Å². The Bertz CT molecular complexity index is 1140. The fourth-order valence-electron chi connectivity index (χ4n) is 3.65. The first-order chi connectivity index (χ1) is 16.5. The van der Waals surface area contributed by atoms with Crippen molar-refractivity contribution in [2.45, 2.75) is 12.8 Å². The average Bonchev–Trinajstić information content (AvgIpc) is 3.52. The fourth-order valence-corrected chi connectivity index (χ4v) is 4.35. The molecule has 0 atom stereocenters. The first-order valence-electron chi connectivity index (χ1n) is 11.0. The zero-order valence-corrected chi connectivity index (χ0v) is 19.7. The third-order valence-electron chi connectivity index (χ3n) is 5.46. The first kappa shape index (κ1) is 23.5. The van der Waals surface area contributed by atoms with Gasteiger partial charge in [0.1, 0.15) is 23.8 Å². The summed E-state index contributed by atoms with van der Waals surface area (Å²) in [5, 5.41) is 7.82. The summed E-state index contributed by atoms with van der Waals surface area (Å²) in [6, 6.07) is 12.7. The molecule has 1 aromatic heterocycles. The second-order valence-corrected chi connectivity index (χ2v) is 8.67. The van der Waals surface area contributed by atoms with Crippen LogP contribution in [-0.2, 0) is 0 Å². The molecule has 2 amide bonds. The van der Waals surface area contributed by atoms with Gasteiger partial charge in [0.2, 0.25) is 0 Å². The molecule has 0 radical (unpaired) electrons. The molecule has 178 valence electrons. The molecule has 0 saturated carbocycles. The molecule has 9 nitrogen and oxygen atoms in total. The molecule has 10 heteroatoms. The Labute approximate surface area is 201 Å². The second kappa shape index (κ2) is 11.0. The molecule has 4 N–H and O–H groups in total. The molecule has 1 fully saturated rings. The standard InChI is InChI=1S/C24H27N5O4S/c1-32-17-6-4-16(5-7-17)26-20-14-18(33-13-12-29-10-2-3-11-29)8-9-19(20)23(31)28-24-27-21(15-34-24)22(25)30/h4-9,14-15,26H,2-3,10-13H2,1H3,(H2,25,30)(H,27,28,31). The van der Waals surface area contributed by atoms with E-state index in [1.54, 1.807) is 25.3 Å². The number of thiazole rings is 1. The smallest absolute Gasteiger partial charge is 0.268 e. The summed E-state index contributed by atoms with van der Waals surface area (Å²) in [5.74, 6) is 0.382. The van der Waals surface area contributed by atoms with Crippen molar-refractivity contribution in [2.24, 2.45) is 5.73 Å². The SMILES string of the molecule is COc1ccc(Nc2cc(OCCN3CCCC3)ccc2C(=O)Nc2nc(C(N)=O)cs2)cc1. The molecule has 0 spiro atoms. The summed E-state index contributed by atoms with van der Waals surface area (Å²) in [4.78, 5) is 30.8. The van der Waals surface area contributed by atoms with Crippen molar-refractivity contribution in [3.05, 3.63) is 59.1 Å². The monoisotopic (exact) mass is 481 g/mol. The molecule has 1 aliphatic heterocycles. The van der Waals surface area contributed by atoms with Gasteiger partial charge in [-0.05, 0) is 62.3 Å². The lowest BCUT2D eigenvalue weighted by molar-refractivity contribution is 0.0992. The van der Waals surface area contributed by atoms with Crippen LogP contribution in [0, 0.1) is 0 Å². The van der Waals surface area contributed by atoms with Crippen LogP contribution in [0.25, 0.3) is 0 Å². The van der Waals surface area contributed by atoms with Crippen LogP contribution >= 0.6 is 11.3 Å². The maximum atomic E-state index is 13.0. The van der Waals surface area contributed by atoms with Crippen molar-refractivity contribution >= 4 is 39.7 Å². The number of aromatic nitrogens is 1. The second-order valence-electron chi connectivity index (χ2n) is 7.81. The number of benzene rings is 2. The molecule has 1 saturated heterocycles. The summed E-state index contributed by atoms with van der Waals surface area (Å²) >= 11 is 1.13. The Morgan fingerprint density at radius 3 is 2.53 bits per heavy atom. The van der Waals surface area contributed by atoms with Crippen LogP contribution in [-0.4, -0.2) is 55.0 Å². The molecule has 2 heterocycles. The van der Waals surface area contributed by atoms with Gasteiger partial charge in [-0.2, -0.15) is 0 Å². The minimum Gasteiger partial charge on any atom is -0.497 e. The molecule has 0 unspecified atom stereocenters. The lowest BCUT2D eigenvalue weighted by Gasteiger charge is -2.17. The van der Waals surface area contributed by atoms with Crippen LogP contribution in [0.15, 0.2) is 47.8 Å². The van der Waals surface area contributed by atoms with E-state index in [0.29, 0.717) is 28.7 Å². The van der Waals surface area contributed by atoms with Gasteiger partial charge in [0.05, 0.1) is 18.4 Å². The minimum atomic E-state index is -0.644. The number of nitrogens with one attached hydrogen (secondary N) is 2. The largest absolute Gasteiger partial charge is 0.497 e. The van der Waals surface area contributed by atoms with E-state index in [9.17, 15) is 9.59 Å². The number of hydrogen-bond acceptors (Lipinski definition) is 8. The van der Waals surface area contributed by atoms with Crippen molar-refractivity contribution in [3.63, 3.8) is 0 Å². The van der Waals surface area contributed by atoms with Gasteiger partial charge in [-0.15, -0.1) is 11.3 Å². The van der Waals surface area contributed by atoms with E-state index in [1.165, 1.54) is 18.2 Å². The van der Waals surface area contributed by atoms with Crippen LogP contribution in [0.3, 0.4) is 0 Å². The number of nitrogens with zero attached hydrogens (tertiary/aromatic N) is 2. The molecule has 4 rings (SSSR count). The maximum Gasteiger partial charge on any atom is 0.268 e. The number of methoxy groups -OCH3 is 1. The van der Waals surface area contributed by atoms with Crippen LogP contribution in [0.1, 0.15) is 33.7 Å². The molecule has 34 heavy (non-hydrogen) atoms. The lowest BCUT2D eigenvalue weighted by atomic mass is 10.1. The number of rotatable bonds is 10. The third kappa shape index (κ3) is 6.03. The Morgan fingerprint density at radius 2 is 1.85 bits per heavy atom. The van der Waals surface area contributed by atoms with Gasteiger partial charge in [-0.25, -0.2) is 4.98 Å². The molecule has 3 aromatic rings. The third-order valence-corrected chi connectivity index (χ3v) is 6.21. The number of primary amides is 1. The van der Waals surface area contributed by atoms with Gasteiger partial charge in [0.25, 0.3) is 11.8 Å². The number of nitrogens with two attached hydrogens (primary N) is 1. The van der Waals surface area contributed by atoms with Crippen LogP contribution < -0.4 is 25.8 Å². The molecular formula is C24H27N5O4S. The fraction of sp³-hybridized carbons (Fsp3) is 0.292. The number of ether oxygens (including phenoxy) is 2. The van der Waals surface area contributed by atoms with Crippen molar-refractivity contribution in [2.75, 3.05) is 44.0 Å². The molecule has 0 bridgehead atoms. The van der Waals surface area contributed by atoms with E-state index in [2.05, 4.69) is 20.5 Å². The number of carbonyl (C=O) groups excluding carboxylic acids is 2. The number of anilines is 3. The molecular weight excluding hydrogens is 454 g/mol. The predicted molar refractivity (Wildman–Crippen MR) is 132 cm³/mol. The zero-order chi connectivity index (χ0) is 23.9. The average molecular weight is 482 g/mol. The van der Waals surface area contributed by atoms with Crippen LogP contribution in [0.2, 0.25) is 0 Å². The van der Waals surface area contributed by atoms with Gasteiger partial charge in [-0.3, -0.25) is 19.8 Å². The topological polar surface area (TPSA) is 119 Å². The summed E-state index contributed by atoms with van der Waals surface area (Å²) in [7, 11) is 1.61. The summed E-state index contributed by atoms with van der Waals surface area (Å²) in [5.41, 5.74) is 7.13. The van der Waals surface area contributed by atoms with E-state index < -0.39 is 5.91 Å². The van der Waals surface area contributed by atoms with E-state index in [0.717, 1.165) is 42.4 Å². The molecule has 1 aliphatic rings. The summed E-state index contributed by atoms with van der Waals surface area (Å²) in [6.07, 6.45) is 2.47. The quantitative estimate of drug-likeness (QED) is 0.404. The van der Waals surface area contributed by atoms with Crippen LogP contribution in [0.5, 0.6) is 11.5 Å². The minimum absolute atomic E-state index is 0.110. The van der Waals surface area contributed by atoms with Gasteiger partial charge in [0.15, 0.2) is 5.13 Å². The number of hydrogen-bond donors (Lipinski definition) is 3. The van der Waals surface area contributed by atoms with E-state index >= 15 is 0 Å². The number of carbonyl (C=O) groups is 2. The zero-order valence-electron chi connectivity index (χ0n) is 18.9. The number of likely N-dealkylation sites (tertiary alicyclic amines) is 1. The lowest BCUT2D eigenvalue weighted by Crippen LogP contribution is -2.25. The highest BCUT2D eigenvalue weighted by atomic mass is 32.1. The summed E-state index contributed by atoms with van der Waals surface area (Å²) in [6.45, 7) is 3.67. The first-order valence-corrected chi connectivity index (χ1v) is 11.9. The highest BCUT2D eigenvalue weighted by molar-refractivity contribution is 7.14. The van der Waals surface area contributed by atoms with Crippen LogP contribution in [0.4, 0.5) is 16.5 Å². The predicted octanol–water partition coefficient (Wildman–Crippen LogP) is 3.72. The Hall–Kier alpha value is -3.63. The summed E-state index contributed by atoms with van der Waals surface area (Å²) < 4.78 is 11.2. The Morgan fingerprint density at radius 1 is 1.12 bits per heavy atom. The van der Waals surface area contributed by atoms with Crippen molar-refractivity contribution in [3.8, 4) is 11.5 Å². The number of amides is 2. The van der Waals surface area contributed by atoms with E-state index in [-0.39, 0.29) is 11.6 Å². The van der Waals surface area contributed by atoms with Crippen molar-refractivity contribution in [1.82, 2.24) is 9.88 Å². The van der Waals surface area contributed by atoms with E-state index in [1.807, 2.05) is 24.3 Å². The molecule has 2 aromatic carbocycles. The highest BCUT2D eigenvalue weighted by Crippen LogP contribution is 2.28. The van der Waals surface area contributed by atoms with Gasteiger partial charge < -0.3 is 20.5 Å². The van der Waals surface area contributed by atoms with Gasteiger partial charge in [0, 0.05) is 23.7 Å². The van der Waals surface area contributed by atoms with E-state index in [4.69, 9.17) is 15.2 Å². The molecule has 0 aliphatic carbocycles. The Kier molecular flexibility index (Phi) is 7.61.